The lowest BCUT2D eigenvalue weighted by Crippen LogP contribution is -2.65. The van der Waals surface area contributed by atoms with Gasteiger partial charge in [-0.2, -0.15) is 0 Å². The van der Waals surface area contributed by atoms with Gasteiger partial charge in [0.25, 0.3) is 0 Å². The quantitative estimate of drug-likeness (QED) is 0.114. The van der Waals surface area contributed by atoms with E-state index in [0.717, 1.165) is 119 Å². The van der Waals surface area contributed by atoms with Crippen LogP contribution in [0.15, 0.2) is 78.9 Å². The van der Waals surface area contributed by atoms with E-state index in [4.69, 9.17) is 28.8 Å². The van der Waals surface area contributed by atoms with E-state index in [2.05, 4.69) is 42.0 Å². The molecule has 3 aromatic rings. The first-order chi connectivity index (χ1) is 43.9. The number of ether oxygens (including phenoxy) is 2. The Labute approximate surface area is 551 Å². The standard InChI is InChI=1S/C35H51BN4O6.C25H37BN4O6.C6H7BO2.2CH4/c1-34(2)25-17-28(34)35(3)29(18-25)45-36(46-35)30-15-9-7-5-4-6-8-12-16-37-32(42)40-22-26(19-27(40)31(41)38-30)44-33(43)39-20-23-13-10-11-14-24(23)21-39;31-23-21-14-20(36-25(33)29-15-18-10-7-8-11-19(18)16-29)17-30(21)24(32)27-13-9-5-3-1-2-4-6-12-22(28-23)26(34)35;8-7(9)6-4-2-1-3-5-6;;/h10-11,13-14,25-30H,4-9,12,15-22H2,1-3H3,(H,37,42)(H,38,41);7-8,10-11,20-22,34-35H,1-6,9,12-17H2,(H,27,32)(H,28,31);1-5,8-9H;2*1H4/t25-,26-,27+,28-,29?,30+,35-;20-,21+,22+;;;/m11.../s1. The zero-order valence-corrected chi connectivity index (χ0v) is 53.4. The normalized spacial score (nSPS) is 28.8. The Morgan fingerprint density at radius 2 is 0.989 bits per heavy atom. The predicted molar refractivity (Wildman–Crippen MR) is 357 cm³/mol. The highest BCUT2D eigenvalue weighted by Crippen LogP contribution is 2.66. The fraction of sp³-hybridized carbons (Fsp3) is 0.647. The summed E-state index contributed by atoms with van der Waals surface area (Å²) >= 11 is 0. The van der Waals surface area contributed by atoms with Crippen LogP contribution >= 0.6 is 0 Å². The Hall–Kier alpha value is -6.37. The zero-order valence-electron chi connectivity index (χ0n) is 53.4. The van der Waals surface area contributed by atoms with E-state index in [-0.39, 0.29) is 81.8 Å². The third-order valence-electron chi connectivity index (χ3n) is 20.7. The Kier molecular flexibility index (Phi) is 26.0. The number of hydrogen-bond donors (Lipinski definition) is 8. The molecule has 0 spiro atoms. The molecule has 0 radical (unpaired) electrons. The summed E-state index contributed by atoms with van der Waals surface area (Å²) in [6.07, 6.45) is 16.1. The molecule has 5 saturated heterocycles. The van der Waals surface area contributed by atoms with Crippen LogP contribution in [0.5, 0.6) is 0 Å². The lowest BCUT2D eigenvalue weighted by atomic mass is 9.43. The molecule has 93 heavy (non-hydrogen) atoms. The number of carbonyl (C=O) groups excluding carboxylic acids is 6. The molecule has 7 heterocycles. The molecule has 508 valence electrons. The Balaban J connectivity index is 0.000000211. The third kappa shape index (κ3) is 18.0. The summed E-state index contributed by atoms with van der Waals surface area (Å²) in [6.45, 7) is 10.2. The molecule has 7 aliphatic heterocycles. The van der Waals surface area contributed by atoms with Gasteiger partial charge in [0.1, 0.15) is 24.3 Å². The first-order valence-electron chi connectivity index (χ1n) is 33.7. The minimum absolute atomic E-state index is 0. The molecule has 3 aromatic carbocycles. The van der Waals surface area contributed by atoms with E-state index in [0.29, 0.717) is 63.0 Å². The third-order valence-corrected chi connectivity index (χ3v) is 20.7. The maximum atomic E-state index is 14.1. The molecular weight excluding hydrogens is 1190 g/mol. The molecule has 8 fully saturated rings. The van der Waals surface area contributed by atoms with Crippen molar-refractivity contribution in [2.45, 2.75) is 238 Å². The van der Waals surface area contributed by atoms with E-state index in [1.807, 2.05) is 54.6 Å². The van der Waals surface area contributed by atoms with Crippen molar-refractivity contribution < 1.29 is 67.6 Å². The number of urea groups is 2. The number of benzene rings is 3. The van der Waals surface area contributed by atoms with Crippen LogP contribution in [0.4, 0.5) is 19.2 Å². The van der Waals surface area contributed by atoms with Gasteiger partial charge >= 0.3 is 45.6 Å². The summed E-state index contributed by atoms with van der Waals surface area (Å²) in [5.74, 6) is -0.774. The molecule has 22 nitrogen and oxygen atoms in total. The summed E-state index contributed by atoms with van der Waals surface area (Å²) in [5, 5.41) is 48.7. The minimum atomic E-state index is -1.69. The summed E-state index contributed by atoms with van der Waals surface area (Å²) in [5.41, 5.74) is 4.78. The first-order valence-corrected chi connectivity index (χ1v) is 33.7. The van der Waals surface area contributed by atoms with Crippen LogP contribution in [-0.4, -0.2) is 171 Å². The summed E-state index contributed by atoms with van der Waals surface area (Å²) < 4.78 is 25.2. The van der Waals surface area contributed by atoms with Gasteiger partial charge in [-0.3, -0.25) is 19.4 Å². The van der Waals surface area contributed by atoms with E-state index in [1.165, 1.54) is 17.7 Å². The molecule has 13 rings (SSSR count). The van der Waals surface area contributed by atoms with Crippen LogP contribution in [0.3, 0.4) is 0 Å². The first kappa shape index (κ1) is 72.5. The molecule has 1 unspecified atom stereocenters. The van der Waals surface area contributed by atoms with Crippen LogP contribution in [0.2, 0.25) is 0 Å². The van der Waals surface area contributed by atoms with Gasteiger partial charge in [0, 0.05) is 52.1 Å². The van der Waals surface area contributed by atoms with Crippen molar-refractivity contribution >= 4 is 62.9 Å². The maximum Gasteiger partial charge on any atom is 0.488 e. The molecule has 3 saturated carbocycles. The van der Waals surface area contributed by atoms with Crippen LogP contribution in [-0.2, 0) is 54.6 Å². The largest absolute Gasteiger partial charge is 0.488 e. The second-order valence-electron chi connectivity index (χ2n) is 27.3. The van der Waals surface area contributed by atoms with Gasteiger partial charge in [-0.25, -0.2) is 19.2 Å². The average Bonchev–Trinajstić information content (AvgIpc) is 1.67. The number of nitrogens with one attached hydrogen (secondary N) is 4. The molecule has 10 atom stereocenters. The van der Waals surface area contributed by atoms with Crippen molar-refractivity contribution in [1.82, 2.24) is 40.9 Å². The molecule has 10 aliphatic rings. The van der Waals surface area contributed by atoms with Gasteiger partial charge in [-0.05, 0) is 90.4 Å². The van der Waals surface area contributed by atoms with Gasteiger partial charge in [-0.1, -0.05) is 185 Å². The van der Waals surface area contributed by atoms with E-state index in [1.54, 1.807) is 39.0 Å². The van der Waals surface area contributed by atoms with E-state index < -0.39 is 69.7 Å². The van der Waals surface area contributed by atoms with Crippen LogP contribution in [0.1, 0.15) is 186 Å². The molecule has 8 N–H and O–H groups in total. The van der Waals surface area contributed by atoms with Crippen molar-refractivity contribution in [3.8, 4) is 0 Å². The molecule has 3 aliphatic carbocycles. The second-order valence-corrected chi connectivity index (χ2v) is 27.3. The monoisotopic (exact) mass is 1290 g/mol. The number of hydrogen-bond acceptors (Lipinski definition) is 14. The summed E-state index contributed by atoms with van der Waals surface area (Å²) in [6, 6.07) is 22.2. The van der Waals surface area contributed by atoms with Gasteiger partial charge in [0.05, 0.1) is 36.7 Å². The van der Waals surface area contributed by atoms with Gasteiger partial charge in [0.2, 0.25) is 11.8 Å². The van der Waals surface area contributed by atoms with Crippen LogP contribution in [0, 0.1) is 17.3 Å². The van der Waals surface area contributed by atoms with E-state index >= 15 is 0 Å². The van der Waals surface area contributed by atoms with Crippen molar-refractivity contribution in [1.29, 1.82) is 0 Å². The lowest BCUT2D eigenvalue weighted by Gasteiger charge is -2.64. The molecule has 2 bridgehead atoms. The van der Waals surface area contributed by atoms with Gasteiger partial charge < -0.3 is 69.9 Å². The molecule has 8 amide bonds. The highest BCUT2D eigenvalue weighted by atomic mass is 16.7. The van der Waals surface area contributed by atoms with Gasteiger partial charge in [0.15, 0.2) is 0 Å². The second kappa shape index (κ2) is 33.3. The van der Waals surface area contributed by atoms with Crippen LogP contribution < -0.4 is 26.7 Å². The topological polar surface area (TPSA) is 281 Å². The smallest absolute Gasteiger partial charge is 0.444 e. The molecular formula is C68H103B3N8O14. The van der Waals surface area contributed by atoms with Crippen molar-refractivity contribution in [2.75, 3.05) is 26.2 Å². The Bertz CT molecular complexity index is 2920. The zero-order chi connectivity index (χ0) is 64.2. The fourth-order valence-corrected chi connectivity index (χ4v) is 15.2. The predicted octanol–water partition coefficient (Wildman–Crippen LogP) is 7.74. The van der Waals surface area contributed by atoms with Crippen LogP contribution in [0.25, 0.3) is 0 Å². The van der Waals surface area contributed by atoms with Crippen molar-refractivity contribution in [2.24, 2.45) is 17.3 Å². The SMILES string of the molecule is C.C.CC1(C)[C@H]2CC3OB([C@@H]4CCCCCCCCCNC(=O)N5C[C@H](OC(=O)N6Cc7ccccc7C6)C[C@H]5C(=O)N4)O[C@]3(C)[C@@H]1C2.O=C1N[C@H](B(O)O)CCCCCCCCCNC(=O)N2C[C@H](OC(=O)N3Cc4ccccc4C3)C[C@@H]12.OB(O)c1ccccc1. The number of rotatable bonds is 5. The number of fused-ring (bicyclic) bond motifs is 4. The molecule has 0 aromatic heterocycles. The van der Waals surface area contributed by atoms with Crippen molar-refractivity contribution in [3.63, 3.8) is 0 Å². The average molecular weight is 1290 g/mol. The summed E-state index contributed by atoms with van der Waals surface area (Å²) in [4.78, 5) is 86.1. The van der Waals surface area contributed by atoms with Crippen molar-refractivity contribution in [3.05, 3.63) is 101 Å². The molecule has 25 heteroatoms. The minimum Gasteiger partial charge on any atom is -0.444 e. The maximum absolute atomic E-state index is 14.1. The number of carbonyl (C=O) groups is 6. The Morgan fingerprint density at radius 3 is 1.43 bits per heavy atom. The number of amides is 8. The highest BCUT2D eigenvalue weighted by Gasteiger charge is 2.68. The van der Waals surface area contributed by atoms with E-state index in [9.17, 15) is 38.8 Å². The highest BCUT2D eigenvalue weighted by molar-refractivity contribution is 6.58. The van der Waals surface area contributed by atoms with Gasteiger partial charge in [-0.15, -0.1) is 0 Å². The lowest BCUT2D eigenvalue weighted by molar-refractivity contribution is -0.199. The number of nitrogens with zero attached hydrogens (tertiary/aromatic N) is 4. The Morgan fingerprint density at radius 1 is 0.559 bits per heavy atom. The summed E-state index contributed by atoms with van der Waals surface area (Å²) in [7, 11) is -3.56. The fourth-order valence-electron chi connectivity index (χ4n) is 15.2.